The molecular weight excluding hydrogens is 213 g/mol. The first-order valence-electron chi connectivity index (χ1n) is 6.41. The van der Waals surface area contributed by atoms with Crippen molar-refractivity contribution in [3.8, 4) is 0 Å². The molecule has 17 heavy (non-hydrogen) atoms. The van der Waals surface area contributed by atoms with E-state index in [-0.39, 0.29) is 16.6 Å². The van der Waals surface area contributed by atoms with Gasteiger partial charge in [-0.3, -0.25) is 0 Å². The van der Waals surface area contributed by atoms with Crippen LogP contribution in [-0.4, -0.2) is 13.1 Å². The van der Waals surface area contributed by atoms with Crippen LogP contribution in [0, 0.1) is 17.2 Å². The molecule has 1 saturated carbocycles. The van der Waals surface area contributed by atoms with Gasteiger partial charge in [0.05, 0.1) is 0 Å². The highest BCUT2D eigenvalue weighted by Crippen LogP contribution is 2.68. The standard InChI is InChI=1S/C15H22FN/c1-5-17-10-13-14(2,3)15(13,4)11-6-8-12(16)9-7-11/h6-9,13,17H,5,10H2,1-4H3. The van der Waals surface area contributed by atoms with Crippen LogP contribution in [-0.2, 0) is 5.41 Å². The first-order valence-corrected chi connectivity index (χ1v) is 6.41. The lowest BCUT2D eigenvalue weighted by Gasteiger charge is -2.15. The molecule has 0 spiro atoms. The number of halogens is 1. The Kier molecular flexibility index (Phi) is 3.03. The molecular formula is C15H22FN. The molecule has 0 radical (unpaired) electrons. The first kappa shape index (κ1) is 12.6. The lowest BCUT2D eigenvalue weighted by Crippen LogP contribution is -2.19. The summed E-state index contributed by atoms with van der Waals surface area (Å²) in [5.41, 5.74) is 1.71. The fourth-order valence-corrected chi connectivity index (χ4v) is 3.22. The topological polar surface area (TPSA) is 12.0 Å². The highest BCUT2D eigenvalue weighted by Gasteiger charge is 2.67. The van der Waals surface area contributed by atoms with Crippen molar-refractivity contribution >= 4 is 0 Å². The van der Waals surface area contributed by atoms with Crippen molar-refractivity contribution in [1.82, 2.24) is 5.32 Å². The quantitative estimate of drug-likeness (QED) is 0.844. The Hall–Kier alpha value is -0.890. The monoisotopic (exact) mass is 235 g/mol. The molecule has 2 atom stereocenters. The van der Waals surface area contributed by atoms with E-state index in [0.717, 1.165) is 13.1 Å². The van der Waals surface area contributed by atoms with Crippen LogP contribution in [0.1, 0.15) is 33.3 Å². The Morgan fingerprint density at radius 3 is 2.29 bits per heavy atom. The van der Waals surface area contributed by atoms with Crippen molar-refractivity contribution in [2.45, 2.75) is 33.1 Å². The van der Waals surface area contributed by atoms with Gasteiger partial charge in [-0.1, -0.05) is 39.8 Å². The maximum atomic E-state index is 13.0. The zero-order valence-corrected chi connectivity index (χ0v) is 11.2. The fraction of sp³-hybridized carbons (Fsp3) is 0.600. The van der Waals surface area contributed by atoms with E-state index in [1.165, 1.54) is 5.56 Å². The molecule has 0 amide bonds. The second-order valence-corrected chi connectivity index (χ2v) is 5.79. The summed E-state index contributed by atoms with van der Waals surface area (Å²) in [4.78, 5) is 0. The van der Waals surface area contributed by atoms with Crippen LogP contribution in [0.5, 0.6) is 0 Å². The van der Waals surface area contributed by atoms with Crippen LogP contribution in [0.2, 0.25) is 0 Å². The lowest BCUT2D eigenvalue weighted by molar-refractivity contribution is 0.509. The van der Waals surface area contributed by atoms with Gasteiger partial charge in [-0.2, -0.15) is 0 Å². The van der Waals surface area contributed by atoms with Crippen molar-refractivity contribution in [3.05, 3.63) is 35.6 Å². The molecule has 94 valence electrons. The highest BCUT2D eigenvalue weighted by molar-refractivity contribution is 5.39. The second kappa shape index (κ2) is 4.09. The zero-order valence-electron chi connectivity index (χ0n) is 11.2. The molecule has 2 unspecified atom stereocenters. The van der Waals surface area contributed by atoms with E-state index in [2.05, 4.69) is 33.0 Å². The van der Waals surface area contributed by atoms with Gasteiger partial charge in [-0.05, 0) is 42.1 Å². The van der Waals surface area contributed by atoms with Crippen LogP contribution in [0.4, 0.5) is 4.39 Å². The van der Waals surface area contributed by atoms with Gasteiger partial charge in [0.25, 0.3) is 0 Å². The van der Waals surface area contributed by atoms with Crippen molar-refractivity contribution in [1.29, 1.82) is 0 Å². The number of hydrogen-bond donors (Lipinski definition) is 1. The SMILES string of the molecule is CCNCC1C(C)(C)C1(C)c1ccc(F)cc1. The van der Waals surface area contributed by atoms with Crippen molar-refractivity contribution < 1.29 is 4.39 Å². The smallest absolute Gasteiger partial charge is 0.123 e. The molecule has 1 aliphatic carbocycles. The van der Waals surface area contributed by atoms with Gasteiger partial charge in [0.1, 0.15) is 5.82 Å². The van der Waals surface area contributed by atoms with Gasteiger partial charge in [0.15, 0.2) is 0 Å². The Morgan fingerprint density at radius 1 is 1.18 bits per heavy atom. The van der Waals surface area contributed by atoms with E-state index in [9.17, 15) is 4.39 Å². The Balaban J connectivity index is 2.22. The maximum Gasteiger partial charge on any atom is 0.123 e. The largest absolute Gasteiger partial charge is 0.317 e. The average Bonchev–Trinajstić information content (AvgIpc) is 2.72. The minimum absolute atomic E-state index is 0.154. The summed E-state index contributed by atoms with van der Waals surface area (Å²) in [5.74, 6) is 0.472. The summed E-state index contributed by atoms with van der Waals surface area (Å²) in [6.45, 7) is 11.1. The molecule has 0 saturated heterocycles. The van der Waals surface area contributed by atoms with E-state index in [1.807, 2.05) is 12.1 Å². The molecule has 1 fully saturated rings. The summed E-state index contributed by atoms with van der Waals surface area (Å²) in [5, 5.41) is 3.43. The van der Waals surface area contributed by atoms with Gasteiger partial charge >= 0.3 is 0 Å². The van der Waals surface area contributed by atoms with Crippen LogP contribution in [0.3, 0.4) is 0 Å². The molecule has 0 heterocycles. The first-order chi connectivity index (χ1) is 7.94. The number of rotatable bonds is 4. The Morgan fingerprint density at radius 2 is 1.76 bits per heavy atom. The van der Waals surface area contributed by atoms with E-state index in [1.54, 1.807) is 12.1 Å². The molecule has 0 aliphatic heterocycles. The van der Waals surface area contributed by atoms with Crippen LogP contribution in [0.15, 0.2) is 24.3 Å². The third-order valence-electron chi connectivity index (χ3n) is 4.87. The summed E-state index contributed by atoms with van der Waals surface area (Å²) in [6, 6.07) is 7.00. The molecule has 1 aliphatic rings. The predicted octanol–water partition coefficient (Wildman–Crippen LogP) is 3.35. The van der Waals surface area contributed by atoms with Crippen molar-refractivity contribution in [2.75, 3.05) is 13.1 Å². The molecule has 1 aromatic carbocycles. The molecule has 0 bridgehead atoms. The summed E-state index contributed by atoms with van der Waals surface area (Å²) in [6.07, 6.45) is 0. The second-order valence-electron chi connectivity index (χ2n) is 5.79. The molecule has 1 nitrogen and oxygen atoms in total. The summed E-state index contributed by atoms with van der Waals surface area (Å²) < 4.78 is 13.0. The van der Waals surface area contributed by atoms with Gasteiger partial charge in [0, 0.05) is 5.41 Å². The lowest BCUT2D eigenvalue weighted by atomic mass is 9.90. The third kappa shape index (κ3) is 1.79. The molecule has 2 heteroatoms. The minimum Gasteiger partial charge on any atom is -0.317 e. The third-order valence-corrected chi connectivity index (χ3v) is 4.87. The number of nitrogens with one attached hydrogen (secondary N) is 1. The number of hydrogen-bond acceptors (Lipinski definition) is 1. The van der Waals surface area contributed by atoms with Crippen molar-refractivity contribution in [3.63, 3.8) is 0 Å². The van der Waals surface area contributed by atoms with E-state index in [4.69, 9.17) is 0 Å². The summed E-state index contributed by atoms with van der Waals surface area (Å²) in [7, 11) is 0. The van der Waals surface area contributed by atoms with Crippen LogP contribution < -0.4 is 5.32 Å². The van der Waals surface area contributed by atoms with E-state index >= 15 is 0 Å². The summed E-state index contributed by atoms with van der Waals surface area (Å²) >= 11 is 0. The molecule has 0 aromatic heterocycles. The van der Waals surface area contributed by atoms with Crippen LogP contribution in [0.25, 0.3) is 0 Å². The highest BCUT2D eigenvalue weighted by atomic mass is 19.1. The normalized spacial score (nSPS) is 30.3. The molecule has 1 N–H and O–H groups in total. The molecule has 1 aromatic rings. The van der Waals surface area contributed by atoms with Gasteiger partial charge in [-0.25, -0.2) is 4.39 Å². The number of benzene rings is 1. The molecule has 2 rings (SSSR count). The van der Waals surface area contributed by atoms with E-state index in [0.29, 0.717) is 5.92 Å². The predicted molar refractivity (Wildman–Crippen MR) is 69.6 cm³/mol. The Labute approximate surface area is 103 Å². The minimum atomic E-state index is -0.154. The Bertz CT molecular complexity index is 396. The van der Waals surface area contributed by atoms with E-state index < -0.39 is 0 Å². The van der Waals surface area contributed by atoms with Gasteiger partial charge in [-0.15, -0.1) is 0 Å². The zero-order chi connectivity index (χ0) is 12.7. The maximum absolute atomic E-state index is 13.0. The van der Waals surface area contributed by atoms with Gasteiger partial charge < -0.3 is 5.32 Å². The fourth-order valence-electron chi connectivity index (χ4n) is 3.22. The average molecular weight is 235 g/mol. The van der Waals surface area contributed by atoms with Crippen LogP contribution >= 0.6 is 0 Å². The van der Waals surface area contributed by atoms with Crippen molar-refractivity contribution in [2.24, 2.45) is 11.3 Å². The van der Waals surface area contributed by atoms with Gasteiger partial charge in [0.2, 0.25) is 0 Å².